The number of hydrogen-bond acceptors (Lipinski definition) is 3. The second kappa shape index (κ2) is 13.5. The Bertz CT molecular complexity index is 1700. The molecule has 0 aromatic heterocycles. The van der Waals surface area contributed by atoms with Gasteiger partial charge in [-0.15, -0.1) is 0 Å². The Balaban J connectivity index is 1.20. The van der Waals surface area contributed by atoms with Crippen LogP contribution in [0.1, 0.15) is 53.6 Å². The molecule has 1 fully saturated rings. The molecule has 2 amide bonds. The van der Waals surface area contributed by atoms with Gasteiger partial charge in [0, 0.05) is 31.1 Å². The molecule has 1 unspecified atom stereocenters. The summed E-state index contributed by atoms with van der Waals surface area (Å²) >= 11 is 0. The lowest BCUT2D eigenvalue weighted by Gasteiger charge is -2.44. The fourth-order valence-electron chi connectivity index (χ4n) is 6.92. The van der Waals surface area contributed by atoms with Crippen LogP contribution in [0.3, 0.4) is 0 Å². The van der Waals surface area contributed by atoms with Gasteiger partial charge in [0.1, 0.15) is 6.54 Å². The van der Waals surface area contributed by atoms with E-state index >= 15 is 0 Å². The van der Waals surface area contributed by atoms with Crippen LogP contribution in [-0.4, -0.2) is 65.6 Å². The molecule has 250 valence electrons. The van der Waals surface area contributed by atoms with Gasteiger partial charge in [0.15, 0.2) is 0 Å². The van der Waals surface area contributed by atoms with Gasteiger partial charge in [-0.05, 0) is 65.3 Å². The van der Waals surface area contributed by atoms with Crippen molar-refractivity contribution in [1.29, 1.82) is 0 Å². The number of amides is 2. The number of nitrogens with zero attached hydrogens (tertiary/aromatic N) is 2. The summed E-state index contributed by atoms with van der Waals surface area (Å²) < 4.78 is 71.9. The standard InChI is InChI=1S/C38H36F5N3O2/c1-37(39,40)23-33(45-21-19-28(20-22-45)44-35(47)27-17-15-26(16-18-27)25-9-3-2-4-10-25)46(24-38(41,42)43)36(48)34-31-13-7-5-11-29(31)30-12-6-8-14-32(30)34/h2-18,28,33-34H,19-24H2,1H3,(H,44,47). The number of carbonyl (C=O) groups is 2. The van der Waals surface area contributed by atoms with E-state index in [9.17, 15) is 31.5 Å². The summed E-state index contributed by atoms with van der Waals surface area (Å²) in [4.78, 5) is 29.5. The predicted octanol–water partition coefficient (Wildman–Crippen LogP) is 8.12. The Morgan fingerprint density at radius 3 is 1.83 bits per heavy atom. The third-order valence-corrected chi connectivity index (χ3v) is 9.15. The average molecular weight is 662 g/mol. The maximum Gasteiger partial charge on any atom is 0.406 e. The van der Waals surface area contributed by atoms with Crippen LogP contribution in [0.25, 0.3) is 22.3 Å². The van der Waals surface area contributed by atoms with E-state index in [-0.39, 0.29) is 25.0 Å². The van der Waals surface area contributed by atoms with Crippen LogP contribution in [0.2, 0.25) is 0 Å². The molecule has 0 radical (unpaired) electrons. The fraction of sp³-hybridized carbons (Fsp3) is 0.316. The minimum atomic E-state index is -4.82. The van der Waals surface area contributed by atoms with Crippen molar-refractivity contribution >= 4 is 11.8 Å². The normalized spacial score (nSPS) is 16.2. The number of halogens is 5. The zero-order chi connectivity index (χ0) is 34.1. The Kier molecular flexibility index (Phi) is 9.38. The summed E-state index contributed by atoms with van der Waals surface area (Å²) in [5, 5.41) is 2.98. The Hall–Kier alpha value is -4.57. The van der Waals surface area contributed by atoms with Gasteiger partial charge in [0.05, 0.1) is 12.1 Å². The molecule has 0 spiro atoms. The average Bonchev–Trinajstić information content (AvgIpc) is 3.40. The van der Waals surface area contributed by atoms with Crippen LogP contribution in [0, 0.1) is 0 Å². The molecule has 1 saturated heterocycles. The molecule has 0 bridgehead atoms. The van der Waals surface area contributed by atoms with Gasteiger partial charge in [-0.1, -0.05) is 91.0 Å². The smallest absolute Gasteiger partial charge is 0.349 e. The van der Waals surface area contributed by atoms with E-state index in [0.717, 1.165) is 22.3 Å². The minimum absolute atomic E-state index is 0.123. The predicted molar refractivity (Wildman–Crippen MR) is 174 cm³/mol. The van der Waals surface area contributed by atoms with E-state index in [1.807, 2.05) is 54.6 Å². The first kappa shape index (κ1) is 33.3. The number of benzene rings is 4. The zero-order valence-electron chi connectivity index (χ0n) is 26.4. The van der Waals surface area contributed by atoms with Crippen LogP contribution in [0.4, 0.5) is 22.0 Å². The van der Waals surface area contributed by atoms with Crippen molar-refractivity contribution < 1.29 is 31.5 Å². The van der Waals surface area contributed by atoms with Gasteiger partial charge < -0.3 is 10.2 Å². The molecule has 6 rings (SSSR count). The molecule has 1 atom stereocenters. The van der Waals surface area contributed by atoms with Gasteiger partial charge in [-0.25, -0.2) is 8.78 Å². The number of fused-ring (bicyclic) bond motifs is 3. The summed E-state index contributed by atoms with van der Waals surface area (Å²) in [5.74, 6) is -5.57. The van der Waals surface area contributed by atoms with Crippen LogP contribution in [0.15, 0.2) is 103 Å². The molecule has 48 heavy (non-hydrogen) atoms. The quantitative estimate of drug-likeness (QED) is 0.185. The van der Waals surface area contributed by atoms with E-state index in [0.29, 0.717) is 41.4 Å². The summed E-state index contributed by atoms with van der Waals surface area (Å²) in [6.07, 6.45) is -6.65. The SMILES string of the molecule is CC(F)(F)CC(N1CCC(NC(=O)c2ccc(-c3ccccc3)cc2)CC1)N(CC(F)(F)F)C(=O)C1c2ccccc2-c2ccccc21. The number of piperidine rings is 1. The third-order valence-electron chi connectivity index (χ3n) is 9.15. The fourth-order valence-corrected chi connectivity index (χ4v) is 6.92. The number of hydrogen-bond donors (Lipinski definition) is 1. The van der Waals surface area contributed by atoms with Crippen LogP contribution in [0.5, 0.6) is 0 Å². The molecule has 1 heterocycles. The van der Waals surface area contributed by atoms with E-state index in [1.165, 1.54) is 4.90 Å². The number of alkyl halides is 5. The highest BCUT2D eigenvalue weighted by atomic mass is 19.4. The van der Waals surface area contributed by atoms with E-state index in [1.54, 1.807) is 48.5 Å². The molecular formula is C38H36F5N3O2. The zero-order valence-corrected chi connectivity index (χ0v) is 26.4. The monoisotopic (exact) mass is 661 g/mol. The van der Waals surface area contributed by atoms with Crippen molar-refractivity contribution in [2.75, 3.05) is 19.6 Å². The Morgan fingerprint density at radius 1 is 0.771 bits per heavy atom. The lowest BCUT2D eigenvalue weighted by atomic mass is 9.94. The minimum Gasteiger partial charge on any atom is -0.349 e. The van der Waals surface area contributed by atoms with E-state index in [4.69, 9.17) is 0 Å². The van der Waals surface area contributed by atoms with Gasteiger partial charge in [-0.2, -0.15) is 13.2 Å². The molecule has 1 aliphatic heterocycles. The lowest BCUT2D eigenvalue weighted by molar-refractivity contribution is -0.179. The van der Waals surface area contributed by atoms with Gasteiger partial charge >= 0.3 is 6.18 Å². The highest BCUT2D eigenvalue weighted by molar-refractivity contribution is 5.96. The largest absolute Gasteiger partial charge is 0.406 e. The van der Waals surface area contributed by atoms with E-state index < -0.39 is 43.1 Å². The van der Waals surface area contributed by atoms with Crippen molar-refractivity contribution in [2.45, 2.75) is 56.4 Å². The molecule has 0 saturated carbocycles. The maximum atomic E-state index is 14.7. The summed E-state index contributed by atoms with van der Waals surface area (Å²) in [5.41, 5.74) is 5.01. The van der Waals surface area contributed by atoms with Crippen LogP contribution in [-0.2, 0) is 4.79 Å². The van der Waals surface area contributed by atoms with Crippen LogP contribution >= 0.6 is 0 Å². The summed E-state index contributed by atoms with van der Waals surface area (Å²) in [7, 11) is 0. The second-order valence-corrected chi connectivity index (χ2v) is 12.7. The van der Waals surface area contributed by atoms with E-state index in [2.05, 4.69) is 5.32 Å². The molecule has 1 aliphatic carbocycles. The number of likely N-dealkylation sites (tertiary alicyclic amines) is 1. The molecule has 5 nitrogen and oxygen atoms in total. The van der Waals surface area contributed by atoms with Crippen molar-refractivity contribution in [3.63, 3.8) is 0 Å². The van der Waals surface area contributed by atoms with Crippen molar-refractivity contribution in [3.05, 3.63) is 120 Å². The number of nitrogens with one attached hydrogen (secondary N) is 1. The highest BCUT2D eigenvalue weighted by Gasteiger charge is 2.46. The molecule has 2 aliphatic rings. The Morgan fingerprint density at radius 2 is 1.29 bits per heavy atom. The highest BCUT2D eigenvalue weighted by Crippen LogP contribution is 2.46. The van der Waals surface area contributed by atoms with Gasteiger partial charge in [0.2, 0.25) is 11.8 Å². The third kappa shape index (κ3) is 7.44. The van der Waals surface area contributed by atoms with Gasteiger partial charge in [0.25, 0.3) is 5.91 Å². The molecule has 1 N–H and O–H groups in total. The summed E-state index contributed by atoms with van der Waals surface area (Å²) in [6.45, 7) is -0.758. The number of carbonyl (C=O) groups excluding carboxylic acids is 2. The topological polar surface area (TPSA) is 52.7 Å². The number of rotatable bonds is 9. The molecule has 10 heteroatoms. The van der Waals surface area contributed by atoms with Gasteiger partial charge in [-0.3, -0.25) is 14.5 Å². The lowest BCUT2D eigenvalue weighted by Crippen LogP contribution is -2.59. The molecular weight excluding hydrogens is 625 g/mol. The van der Waals surface area contributed by atoms with Crippen molar-refractivity contribution in [1.82, 2.24) is 15.1 Å². The molecule has 4 aromatic carbocycles. The Labute approximate surface area is 276 Å². The maximum absolute atomic E-state index is 14.7. The van der Waals surface area contributed by atoms with Crippen molar-refractivity contribution in [3.8, 4) is 22.3 Å². The first-order valence-corrected chi connectivity index (χ1v) is 16.0. The first-order valence-electron chi connectivity index (χ1n) is 16.0. The second-order valence-electron chi connectivity index (χ2n) is 12.7. The van der Waals surface area contributed by atoms with Crippen LogP contribution < -0.4 is 5.32 Å². The summed E-state index contributed by atoms with van der Waals surface area (Å²) in [6, 6.07) is 30.6. The molecule has 4 aromatic rings. The first-order chi connectivity index (χ1) is 22.9. The van der Waals surface area contributed by atoms with Crippen molar-refractivity contribution in [2.24, 2.45) is 0 Å².